The van der Waals surface area contributed by atoms with Crippen molar-refractivity contribution in [2.75, 3.05) is 0 Å². The lowest BCUT2D eigenvalue weighted by Crippen LogP contribution is -2.06. The van der Waals surface area contributed by atoms with Gasteiger partial charge < -0.3 is 0 Å². The first-order chi connectivity index (χ1) is 7.18. The third-order valence-electron chi connectivity index (χ3n) is 2.95. The number of rotatable bonds is 5. The van der Waals surface area contributed by atoms with Crippen LogP contribution in [0.3, 0.4) is 0 Å². The second-order valence-corrected chi connectivity index (χ2v) is 4.91. The summed E-state index contributed by atoms with van der Waals surface area (Å²) in [4.78, 5) is 0. The first kappa shape index (κ1) is 10.7. The Morgan fingerprint density at radius 3 is 2.87 bits per heavy atom. The molecule has 1 saturated carbocycles. The molecule has 0 aliphatic heterocycles. The molecule has 0 spiro atoms. The molecule has 1 aromatic heterocycles. The lowest BCUT2D eigenvalue weighted by molar-refractivity contribution is 0.475. The lowest BCUT2D eigenvalue weighted by Gasteiger charge is -2.07. The fraction of sp³-hybridized carbons (Fsp3) is 0.750. The Balaban J connectivity index is 1.95. The van der Waals surface area contributed by atoms with Gasteiger partial charge in [0, 0.05) is 12.5 Å². The topological polar surface area (TPSA) is 17.8 Å². The second kappa shape index (κ2) is 4.33. The van der Waals surface area contributed by atoms with Gasteiger partial charge in [0.2, 0.25) is 0 Å². The molecule has 84 valence electrons. The highest BCUT2D eigenvalue weighted by molar-refractivity contribution is 5.16. The molecule has 0 bridgehead atoms. The van der Waals surface area contributed by atoms with Gasteiger partial charge in [0.1, 0.15) is 0 Å². The Morgan fingerprint density at radius 2 is 2.27 bits per heavy atom. The fourth-order valence-corrected chi connectivity index (χ4v) is 1.96. The van der Waals surface area contributed by atoms with Crippen LogP contribution >= 0.6 is 0 Å². The lowest BCUT2D eigenvalue weighted by atomic mass is 10.1. The van der Waals surface area contributed by atoms with E-state index in [-0.39, 0.29) is 5.82 Å². The van der Waals surface area contributed by atoms with Gasteiger partial charge >= 0.3 is 0 Å². The highest BCUT2D eigenvalue weighted by atomic mass is 19.1. The first-order valence-electron chi connectivity index (χ1n) is 5.89. The van der Waals surface area contributed by atoms with E-state index >= 15 is 0 Å². The third-order valence-corrected chi connectivity index (χ3v) is 2.95. The van der Waals surface area contributed by atoms with E-state index in [4.69, 9.17) is 0 Å². The standard InChI is InChI=1S/C12H19FN2/c1-9(2)4-3-7-15-12(10-5-6-10)11(13)8-14-15/h8-10H,3-7H2,1-2H3. The van der Waals surface area contributed by atoms with Gasteiger partial charge in [0.25, 0.3) is 0 Å². The van der Waals surface area contributed by atoms with Crippen LogP contribution in [0, 0.1) is 11.7 Å². The fourth-order valence-electron chi connectivity index (χ4n) is 1.96. The van der Waals surface area contributed by atoms with Gasteiger partial charge in [-0.3, -0.25) is 4.68 Å². The molecule has 1 heterocycles. The van der Waals surface area contributed by atoms with Crippen LogP contribution in [0.2, 0.25) is 0 Å². The highest BCUT2D eigenvalue weighted by Gasteiger charge is 2.30. The van der Waals surface area contributed by atoms with Crippen LogP contribution in [-0.4, -0.2) is 9.78 Å². The summed E-state index contributed by atoms with van der Waals surface area (Å²) in [5, 5.41) is 4.12. The highest BCUT2D eigenvalue weighted by Crippen LogP contribution is 2.41. The minimum absolute atomic E-state index is 0.109. The number of hydrogen-bond donors (Lipinski definition) is 0. The van der Waals surface area contributed by atoms with Crippen molar-refractivity contribution in [3.05, 3.63) is 17.7 Å². The minimum Gasteiger partial charge on any atom is -0.266 e. The maximum absolute atomic E-state index is 13.4. The molecule has 1 aliphatic carbocycles. The summed E-state index contributed by atoms with van der Waals surface area (Å²) < 4.78 is 15.3. The molecule has 1 aromatic rings. The molecule has 0 radical (unpaired) electrons. The molecule has 0 atom stereocenters. The zero-order valence-corrected chi connectivity index (χ0v) is 9.54. The molecular weight excluding hydrogens is 191 g/mol. The van der Waals surface area contributed by atoms with E-state index in [1.807, 2.05) is 4.68 Å². The van der Waals surface area contributed by atoms with Gasteiger partial charge in [-0.05, 0) is 31.6 Å². The van der Waals surface area contributed by atoms with Crippen LogP contribution in [0.5, 0.6) is 0 Å². The summed E-state index contributed by atoms with van der Waals surface area (Å²) >= 11 is 0. The van der Waals surface area contributed by atoms with Gasteiger partial charge in [0.15, 0.2) is 5.82 Å². The normalized spacial score (nSPS) is 16.3. The molecule has 0 unspecified atom stereocenters. The SMILES string of the molecule is CC(C)CCCn1ncc(F)c1C1CC1. The van der Waals surface area contributed by atoms with Gasteiger partial charge in [-0.25, -0.2) is 4.39 Å². The first-order valence-corrected chi connectivity index (χ1v) is 5.89. The van der Waals surface area contributed by atoms with Crippen molar-refractivity contribution < 1.29 is 4.39 Å². The predicted molar refractivity (Wildman–Crippen MR) is 58.2 cm³/mol. The summed E-state index contributed by atoms with van der Waals surface area (Å²) in [6.45, 7) is 5.30. The quantitative estimate of drug-likeness (QED) is 0.728. The summed E-state index contributed by atoms with van der Waals surface area (Å²) in [6.07, 6.45) is 5.91. The summed E-state index contributed by atoms with van der Waals surface area (Å²) in [6, 6.07) is 0. The molecule has 2 nitrogen and oxygen atoms in total. The Morgan fingerprint density at radius 1 is 1.53 bits per heavy atom. The maximum atomic E-state index is 13.4. The Labute approximate surface area is 90.5 Å². The van der Waals surface area contributed by atoms with Crippen molar-refractivity contribution in [1.29, 1.82) is 0 Å². The van der Waals surface area contributed by atoms with Gasteiger partial charge in [-0.15, -0.1) is 0 Å². The van der Waals surface area contributed by atoms with Crippen molar-refractivity contribution in [2.45, 2.75) is 52.0 Å². The zero-order chi connectivity index (χ0) is 10.8. The molecule has 2 rings (SSSR count). The summed E-state index contributed by atoms with van der Waals surface area (Å²) in [5.41, 5.74) is 0.846. The van der Waals surface area contributed by atoms with Crippen LogP contribution in [0.4, 0.5) is 4.39 Å². The van der Waals surface area contributed by atoms with Crippen LogP contribution in [0.1, 0.15) is 51.1 Å². The molecule has 3 heteroatoms. The van der Waals surface area contributed by atoms with E-state index in [2.05, 4.69) is 18.9 Å². The van der Waals surface area contributed by atoms with Crippen molar-refractivity contribution in [1.82, 2.24) is 9.78 Å². The van der Waals surface area contributed by atoms with Crippen molar-refractivity contribution in [2.24, 2.45) is 5.92 Å². The van der Waals surface area contributed by atoms with Crippen molar-refractivity contribution >= 4 is 0 Å². The monoisotopic (exact) mass is 210 g/mol. The van der Waals surface area contributed by atoms with Crippen molar-refractivity contribution in [3.63, 3.8) is 0 Å². The molecule has 1 aliphatic rings. The Bertz CT molecular complexity index is 326. The summed E-state index contributed by atoms with van der Waals surface area (Å²) in [5.74, 6) is 1.06. The number of halogens is 1. The molecule has 0 amide bonds. The van der Waals surface area contributed by atoms with E-state index < -0.39 is 0 Å². The van der Waals surface area contributed by atoms with E-state index in [0.29, 0.717) is 5.92 Å². The van der Waals surface area contributed by atoms with Crippen LogP contribution in [0.15, 0.2) is 6.20 Å². The minimum atomic E-state index is -0.109. The van der Waals surface area contributed by atoms with E-state index in [1.165, 1.54) is 12.6 Å². The average molecular weight is 210 g/mol. The number of aromatic nitrogens is 2. The number of aryl methyl sites for hydroxylation is 1. The molecular formula is C12H19FN2. The van der Waals surface area contributed by atoms with E-state index in [0.717, 1.165) is 37.4 Å². The van der Waals surface area contributed by atoms with Crippen molar-refractivity contribution in [3.8, 4) is 0 Å². The van der Waals surface area contributed by atoms with Crippen LogP contribution in [-0.2, 0) is 6.54 Å². The maximum Gasteiger partial charge on any atom is 0.164 e. The predicted octanol–water partition coefficient (Wildman–Crippen LogP) is 3.34. The third kappa shape index (κ3) is 2.58. The molecule has 15 heavy (non-hydrogen) atoms. The largest absolute Gasteiger partial charge is 0.266 e. The van der Waals surface area contributed by atoms with Gasteiger partial charge in [-0.1, -0.05) is 13.8 Å². The average Bonchev–Trinajstić information content (AvgIpc) is 2.92. The Kier molecular flexibility index (Phi) is 3.08. The smallest absolute Gasteiger partial charge is 0.164 e. The second-order valence-electron chi connectivity index (χ2n) is 4.91. The molecule has 0 aromatic carbocycles. The number of hydrogen-bond acceptors (Lipinski definition) is 1. The van der Waals surface area contributed by atoms with E-state index in [9.17, 15) is 4.39 Å². The molecule has 1 fully saturated rings. The van der Waals surface area contributed by atoms with E-state index in [1.54, 1.807) is 0 Å². The molecule has 0 N–H and O–H groups in total. The molecule has 0 saturated heterocycles. The van der Waals surface area contributed by atoms with Gasteiger partial charge in [-0.2, -0.15) is 5.10 Å². The van der Waals surface area contributed by atoms with Crippen LogP contribution < -0.4 is 0 Å². The number of nitrogens with zero attached hydrogens (tertiary/aromatic N) is 2. The summed E-state index contributed by atoms with van der Waals surface area (Å²) in [7, 11) is 0. The van der Waals surface area contributed by atoms with Crippen LogP contribution in [0.25, 0.3) is 0 Å². The van der Waals surface area contributed by atoms with Gasteiger partial charge in [0.05, 0.1) is 11.9 Å². The Hall–Kier alpha value is -0.860. The zero-order valence-electron chi connectivity index (χ0n) is 9.54.